The summed E-state index contributed by atoms with van der Waals surface area (Å²) in [4.78, 5) is 23.1. The molecule has 1 aliphatic carbocycles. The van der Waals surface area contributed by atoms with E-state index in [4.69, 9.17) is 5.11 Å². The first-order valence-corrected chi connectivity index (χ1v) is 7.75. The van der Waals surface area contributed by atoms with Crippen LogP contribution in [0.5, 0.6) is 0 Å². The van der Waals surface area contributed by atoms with Crippen LogP contribution in [0.2, 0.25) is 0 Å². The molecule has 2 aromatic rings. The Kier molecular flexibility index (Phi) is 4.46. The van der Waals surface area contributed by atoms with Crippen molar-refractivity contribution in [1.29, 1.82) is 0 Å². The van der Waals surface area contributed by atoms with Crippen LogP contribution < -0.4 is 5.32 Å². The number of aliphatic carboxylic acids is 1. The minimum atomic E-state index is -2.78. The number of rotatable bonds is 6. The van der Waals surface area contributed by atoms with Crippen molar-refractivity contribution in [2.75, 3.05) is 0 Å². The molecule has 3 rings (SSSR count). The number of hydrogen-bond donors (Lipinski definition) is 2. The number of hydrogen-bond acceptors (Lipinski definition) is 2. The van der Waals surface area contributed by atoms with E-state index >= 15 is 0 Å². The SMILES string of the molecule is O=C(O)C(CC(F)F)NC(=O)C1CC1c1ccc2ccccc2c1. The van der Waals surface area contributed by atoms with Gasteiger partial charge in [0.2, 0.25) is 12.3 Å². The van der Waals surface area contributed by atoms with Crippen molar-refractivity contribution in [2.45, 2.75) is 31.2 Å². The Morgan fingerprint density at radius 3 is 2.54 bits per heavy atom. The number of alkyl halides is 2. The quantitative estimate of drug-likeness (QED) is 0.853. The number of carbonyl (C=O) groups is 2. The van der Waals surface area contributed by atoms with Gasteiger partial charge in [-0.1, -0.05) is 42.5 Å². The van der Waals surface area contributed by atoms with Crippen molar-refractivity contribution in [1.82, 2.24) is 5.32 Å². The second-order valence-corrected chi connectivity index (χ2v) is 6.08. The second kappa shape index (κ2) is 6.55. The molecule has 2 N–H and O–H groups in total. The highest BCUT2D eigenvalue weighted by Crippen LogP contribution is 2.48. The van der Waals surface area contributed by atoms with Crippen molar-refractivity contribution < 1.29 is 23.5 Å². The Hall–Kier alpha value is -2.50. The molecule has 4 nitrogen and oxygen atoms in total. The van der Waals surface area contributed by atoms with Crippen molar-refractivity contribution in [2.24, 2.45) is 5.92 Å². The van der Waals surface area contributed by atoms with Gasteiger partial charge in [-0.05, 0) is 28.7 Å². The molecule has 0 heterocycles. The average molecular weight is 333 g/mol. The van der Waals surface area contributed by atoms with Crippen LogP contribution in [0, 0.1) is 5.92 Å². The smallest absolute Gasteiger partial charge is 0.326 e. The third-order valence-corrected chi connectivity index (χ3v) is 4.36. The van der Waals surface area contributed by atoms with Gasteiger partial charge in [-0.25, -0.2) is 13.6 Å². The van der Waals surface area contributed by atoms with Gasteiger partial charge in [-0.3, -0.25) is 4.79 Å². The Labute approximate surface area is 137 Å². The zero-order valence-corrected chi connectivity index (χ0v) is 12.8. The first-order chi connectivity index (χ1) is 11.5. The summed E-state index contributed by atoms with van der Waals surface area (Å²) < 4.78 is 24.8. The largest absolute Gasteiger partial charge is 0.480 e. The number of benzene rings is 2. The summed E-state index contributed by atoms with van der Waals surface area (Å²) in [5.41, 5.74) is 1.01. The summed E-state index contributed by atoms with van der Waals surface area (Å²) in [6, 6.07) is 12.3. The fraction of sp³-hybridized carbons (Fsp3) is 0.333. The van der Waals surface area contributed by atoms with Gasteiger partial charge in [0.05, 0.1) is 0 Å². The van der Waals surface area contributed by atoms with Crippen LogP contribution in [0.1, 0.15) is 24.3 Å². The molecule has 3 atom stereocenters. The molecule has 126 valence electrons. The topological polar surface area (TPSA) is 66.4 Å². The Morgan fingerprint density at radius 2 is 1.88 bits per heavy atom. The monoisotopic (exact) mass is 333 g/mol. The number of amides is 1. The van der Waals surface area contributed by atoms with E-state index in [-0.39, 0.29) is 11.8 Å². The molecular formula is C18H17F2NO3. The summed E-state index contributed by atoms with van der Waals surface area (Å²) in [6.45, 7) is 0. The first kappa shape index (κ1) is 16.4. The summed E-state index contributed by atoms with van der Waals surface area (Å²) >= 11 is 0. The van der Waals surface area contributed by atoms with Crippen LogP contribution in [-0.4, -0.2) is 29.5 Å². The van der Waals surface area contributed by atoms with Crippen LogP contribution in [0.25, 0.3) is 10.8 Å². The molecule has 0 saturated heterocycles. The van der Waals surface area contributed by atoms with Gasteiger partial charge >= 0.3 is 5.97 Å². The maximum absolute atomic E-state index is 12.4. The minimum Gasteiger partial charge on any atom is -0.480 e. The zero-order chi connectivity index (χ0) is 17.3. The van der Waals surface area contributed by atoms with Gasteiger partial charge in [0.1, 0.15) is 6.04 Å². The molecule has 6 heteroatoms. The van der Waals surface area contributed by atoms with E-state index in [0.717, 1.165) is 16.3 Å². The van der Waals surface area contributed by atoms with Gasteiger partial charge in [0.25, 0.3) is 0 Å². The van der Waals surface area contributed by atoms with Crippen LogP contribution in [0.15, 0.2) is 42.5 Å². The third kappa shape index (κ3) is 3.53. The second-order valence-electron chi connectivity index (χ2n) is 6.08. The predicted molar refractivity (Wildman–Crippen MR) is 85.0 cm³/mol. The van der Waals surface area contributed by atoms with E-state index in [9.17, 15) is 18.4 Å². The normalized spacial score (nSPS) is 20.8. The molecule has 0 radical (unpaired) electrons. The maximum atomic E-state index is 12.4. The lowest BCUT2D eigenvalue weighted by Gasteiger charge is -2.14. The van der Waals surface area contributed by atoms with Crippen LogP contribution in [0.3, 0.4) is 0 Å². The standard InChI is InChI=1S/C18H17F2NO3/c19-16(20)9-15(18(23)24)21-17(22)14-8-13(14)12-6-5-10-3-1-2-4-11(10)7-12/h1-7,13-16H,8-9H2,(H,21,22)(H,23,24). The van der Waals surface area contributed by atoms with E-state index in [1.165, 1.54) is 0 Å². The van der Waals surface area contributed by atoms with Crippen LogP contribution >= 0.6 is 0 Å². The third-order valence-electron chi connectivity index (χ3n) is 4.36. The summed E-state index contributed by atoms with van der Waals surface area (Å²) in [7, 11) is 0. The van der Waals surface area contributed by atoms with Gasteiger partial charge < -0.3 is 10.4 Å². The van der Waals surface area contributed by atoms with Gasteiger partial charge in [0, 0.05) is 12.3 Å². The van der Waals surface area contributed by atoms with E-state index in [1.807, 2.05) is 42.5 Å². The molecule has 1 aliphatic rings. The highest BCUT2D eigenvalue weighted by Gasteiger charge is 2.45. The number of nitrogens with one attached hydrogen (secondary N) is 1. The average Bonchev–Trinajstić information content (AvgIpc) is 3.34. The van der Waals surface area contributed by atoms with Gasteiger partial charge in [0.15, 0.2) is 0 Å². The molecule has 1 saturated carbocycles. The summed E-state index contributed by atoms with van der Waals surface area (Å²) in [6.07, 6.45) is -3.05. The fourth-order valence-electron chi connectivity index (χ4n) is 2.97. The van der Waals surface area contributed by atoms with E-state index in [1.54, 1.807) is 0 Å². The van der Waals surface area contributed by atoms with Crippen molar-refractivity contribution in [3.05, 3.63) is 48.0 Å². The minimum absolute atomic E-state index is 0.00982. The molecule has 24 heavy (non-hydrogen) atoms. The van der Waals surface area contributed by atoms with Crippen molar-refractivity contribution in [3.63, 3.8) is 0 Å². The van der Waals surface area contributed by atoms with Crippen molar-refractivity contribution >= 4 is 22.6 Å². The molecule has 0 aromatic heterocycles. The highest BCUT2D eigenvalue weighted by atomic mass is 19.3. The van der Waals surface area contributed by atoms with E-state index in [2.05, 4.69) is 5.32 Å². The first-order valence-electron chi connectivity index (χ1n) is 7.75. The molecule has 3 unspecified atom stereocenters. The number of carboxylic acids is 1. The van der Waals surface area contributed by atoms with Crippen LogP contribution in [-0.2, 0) is 9.59 Å². The fourth-order valence-corrected chi connectivity index (χ4v) is 2.97. The summed E-state index contributed by atoms with van der Waals surface area (Å²) in [5.74, 6) is -2.26. The van der Waals surface area contributed by atoms with Crippen molar-refractivity contribution in [3.8, 4) is 0 Å². The lowest BCUT2D eigenvalue weighted by Crippen LogP contribution is -2.42. The molecule has 1 fully saturated rings. The molecule has 0 spiro atoms. The Morgan fingerprint density at radius 1 is 1.17 bits per heavy atom. The molecule has 0 aliphatic heterocycles. The molecule has 0 bridgehead atoms. The predicted octanol–water partition coefficient (Wildman–Crippen LogP) is 3.17. The Bertz CT molecular complexity index is 778. The number of halogens is 2. The van der Waals surface area contributed by atoms with E-state index < -0.39 is 30.8 Å². The lowest BCUT2D eigenvalue weighted by molar-refractivity contribution is -0.143. The number of fused-ring (bicyclic) bond motifs is 1. The number of carboxylic acid groups (broad SMARTS) is 1. The lowest BCUT2D eigenvalue weighted by atomic mass is 10.0. The molecule has 2 aromatic carbocycles. The van der Waals surface area contributed by atoms with Crippen LogP contribution in [0.4, 0.5) is 8.78 Å². The van der Waals surface area contributed by atoms with Gasteiger partial charge in [-0.2, -0.15) is 0 Å². The van der Waals surface area contributed by atoms with Gasteiger partial charge in [-0.15, -0.1) is 0 Å². The highest BCUT2D eigenvalue weighted by molar-refractivity contribution is 5.88. The Balaban J connectivity index is 1.66. The molecular weight excluding hydrogens is 316 g/mol. The molecule has 1 amide bonds. The maximum Gasteiger partial charge on any atom is 0.326 e. The van der Waals surface area contributed by atoms with E-state index in [0.29, 0.717) is 6.42 Å². The zero-order valence-electron chi connectivity index (χ0n) is 12.8. The number of carbonyl (C=O) groups excluding carboxylic acids is 1. The summed E-state index contributed by atoms with van der Waals surface area (Å²) in [5, 5.41) is 13.3.